The predicted octanol–water partition coefficient (Wildman–Crippen LogP) is 3.28. The van der Waals surface area contributed by atoms with E-state index in [9.17, 15) is 14.1 Å². The number of aliphatic hydroxyl groups excluding tert-OH is 2. The highest BCUT2D eigenvalue weighted by Gasteiger charge is 2.40. The van der Waals surface area contributed by atoms with Crippen LogP contribution in [0.1, 0.15) is 24.5 Å². The van der Waals surface area contributed by atoms with Crippen LogP contribution in [0, 0.1) is 6.92 Å². The molecule has 2 aromatic carbocycles. The molecule has 1 amide bonds. The Kier molecular flexibility index (Phi) is 8.20. The van der Waals surface area contributed by atoms with Crippen molar-refractivity contribution in [3.63, 3.8) is 0 Å². The molecule has 1 aliphatic rings. The number of amidine groups is 1. The SMILES string of the molecule is CCCN=C1N(c2ccccc2C)C(=O)/C(=C/c2ccc(OCC(O)CO)c(Cl)c2)S1=O. The van der Waals surface area contributed by atoms with Crippen molar-refractivity contribution in [3.8, 4) is 5.75 Å². The third-order valence-corrected chi connectivity index (χ3v) is 6.32. The van der Waals surface area contributed by atoms with Crippen LogP contribution in [0.2, 0.25) is 5.02 Å². The van der Waals surface area contributed by atoms with E-state index in [2.05, 4.69) is 4.99 Å². The van der Waals surface area contributed by atoms with E-state index in [4.69, 9.17) is 21.4 Å². The maximum absolute atomic E-state index is 13.3. The number of carbonyl (C=O) groups excluding carboxylic acids is 1. The summed E-state index contributed by atoms with van der Waals surface area (Å²) in [6.07, 6.45) is 1.29. The normalized spacial score (nSPS) is 19.7. The van der Waals surface area contributed by atoms with Crippen LogP contribution in [0.5, 0.6) is 5.75 Å². The Hall–Kier alpha value is -2.52. The largest absolute Gasteiger partial charge is 0.489 e. The lowest BCUT2D eigenvalue weighted by atomic mass is 10.1. The molecule has 1 saturated heterocycles. The Labute approximate surface area is 194 Å². The highest BCUT2D eigenvalue weighted by atomic mass is 35.5. The number of nitrogens with zero attached hydrogens (tertiary/aromatic N) is 2. The number of ether oxygens (including phenoxy) is 1. The maximum Gasteiger partial charge on any atom is 0.274 e. The number of para-hydroxylation sites is 1. The summed E-state index contributed by atoms with van der Waals surface area (Å²) in [5.41, 5.74) is 2.09. The fourth-order valence-electron chi connectivity index (χ4n) is 3.05. The summed E-state index contributed by atoms with van der Waals surface area (Å²) < 4.78 is 18.6. The van der Waals surface area contributed by atoms with Gasteiger partial charge in [0, 0.05) is 6.54 Å². The first-order valence-electron chi connectivity index (χ1n) is 10.2. The van der Waals surface area contributed by atoms with E-state index in [0.717, 1.165) is 12.0 Å². The third-order valence-electron chi connectivity index (χ3n) is 4.69. The van der Waals surface area contributed by atoms with E-state index >= 15 is 0 Å². The molecule has 32 heavy (non-hydrogen) atoms. The van der Waals surface area contributed by atoms with E-state index in [0.29, 0.717) is 23.5 Å². The summed E-state index contributed by atoms with van der Waals surface area (Å²) in [4.78, 5) is 19.3. The zero-order chi connectivity index (χ0) is 23.3. The number of aliphatic imine (C=N–C) groups is 1. The van der Waals surface area contributed by atoms with Crippen molar-refractivity contribution in [2.75, 3.05) is 24.7 Å². The van der Waals surface area contributed by atoms with Crippen molar-refractivity contribution in [3.05, 3.63) is 63.5 Å². The Bertz CT molecular complexity index is 1090. The van der Waals surface area contributed by atoms with Gasteiger partial charge in [0.15, 0.2) is 0 Å². The molecule has 0 aromatic heterocycles. The lowest BCUT2D eigenvalue weighted by molar-refractivity contribution is -0.113. The van der Waals surface area contributed by atoms with Gasteiger partial charge in [-0.2, -0.15) is 0 Å². The summed E-state index contributed by atoms with van der Waals surface area (Å²) in [6, 6.07) is 12.2. The maximum atomic E-state index is 13.3. The zero-order valence-corrected chi connectivity index (χ0v) is 19.4. The van der Waals surface area contributed by atoms with Crippen LogP contribution in [0.25, 0.3) is 6.08 Å². The van der Waals surface area contributed by atoms with Gasteiger partial charge in [-0.25, -0.2) is 4.21 Å². The smallest absolute Gasteiger partial charge is 0.274 e. The number of aliphatic hydroxyl groups is 2. The molecule has 0 radical (unpaired) electrons. The number of hydrogen-bond donors (Lipinski definition) is 2. The second-order valence-corrected chi connectivity index (χ2v) is 8.96. The van der Waals surface area contributed by atoms with E-state index < -0.39 is 29.4 Å². The minimum Gasteiger partial charge on any atom is -0.489 e. The monoisotopic (exact) mass is 476 g/mol. The molecule has 0 bridgehead atoms. The number of anilines is 1. The van der Waals surface area contributed by atoms with Gasteiger partial charge < -0.3 is 14.9 Å². The van der Waals surface area contributed by atoms with Crippen molar-refractivity contribution in [2.45, 2.75) is 26.4 Å². The third kappa shape index (κ3) is 5.27. The van der Waals surface area contributed by atoms with Gasteiger partial charge in [0.25, 0.3) is 5.91 Å². The van der Waals surface area contributed by atoms with Gasteiger partial charge in [-0.05, 0) is 48.7 Å². The molecular formula is C23H25ClN2O5S. The van der Waals surface area contributed by atoms with Gasteiger partial charge >= 0.3 is 0 Å². The Morgan fingerprint density at radius 2 is 2.03 bits per heavy atom. The molecule has 0 saturated carbocycles. The summed E-state index contributed by atoms with van der Waals surface area (Å²) >= 11 is 6.26. The fraction of sp³-hybridized carbons (Fsp3) is 0.304. The Morgan fingerprint density at radius 3 is 2.69 bits per heavy atom. The summed E-state index contributed by atoms with van der Waals surface area (Å²) in [5, 5.41) is 18.8. The first-order valence-corrected chi connectivity index (χ1v) is 11.7. The summed E-state index contributed by atoms with van der Waals surface area (Å²) in [5.74, 6) is -0.0677. The molecule has 1 heterocycles. The number of rotatable bonds is 8. The molecule has 2 unspecified atom stereocenters. The van der Waals surface area contributed by atoms with Crippen molar-refractivity contribution >= 4 is 45.2 Å². The minimum absolute atomic E-state index is 0.109. The number of benzene rings is 2. The average Bonchev–Trinajstić information content (AvgIpc) is 3.01. The minimum atomic E-state index is -1.74. The lowest BCUT2D eigenvalue weighted by Crippen LogP contribution is -2.30. The van der Waals surface area contributed by atoms with Crippen molar-refractivity contribution in [1.82, 2.24) is 0 Å². The number of halogens is 1. The van der Waals surface area contributed by atoms with E-state index in [1.165, 1.54) is 11.0 Å². The van der Waals surface area contributed by atoms with Gasteiger partial charge in [-0.15, -0.1) is 0 Å². The molecule has 1 fully saturated rings. The molecular weight excluding hydrogens is 452 g/mol. The molecule has 3 rings (SSSR count). The molecule has 0 spiro atoms. The number of amides is 1. The molecule has 2 atom stereocenters. The molecule has 9 heteroatoms. The number of hydrogen-bond acceptors (Lipinski definition) is 6. The predicted molar refractivity (Wildman–Crippen MR) is 127 cm³/mol. The van der Waals surface area contributed by atoms with Crippen molar-refractivity contribution in [1.29, 1.82) is 0 Å². The highest BCUT2D eigenvalue weighted by Crippen LogP contribution is 2.32. The van der Waals surface area contributed by atoms with Crippen LogP contribution < -0.4 is 9.64 Å². The molecule has 2 N–H and O–H groups in total. The molecule has 1 aliphatic heterocycles. The van der Waals surface area contributed by atoms with Crippen LogP contribution in [-0.2, 0) is 15.6 Å². The lowest BCUT2D eigenvalue weighted by Gasteiger charge is -2.17. The van der Waals surface area contributed by atoms with Gasteiger partial charge in [0.1, 0.15) is 34.2 Å². The molecule has 170 valence electrons. The van der Waals surface area contributed by atoms with Crippen molar-refractivity contribution in [2.24, 2.45) is 4.99 Å². The topological polar surface area (TPSA) is 99.4 Å². The van der Waals surface area contributed by atoms with Crippen LogP contribution in [0.15, 0.2) is 52.4 Å². The van der Waals surface area contributed by atoms with Gasteiger partial charge in [-0.1, -0.05) is 42.8 Å². The van der Waals surface area contributed by atoms with Gasteiger partial charge in [-0.3, -0.25) is 14.7 Å². The Balaban J connectivity index is 1.95. The first-order chi connectivity index (χ1) is 15.4. The number of aryl methyl sites for hydroxylation is 1. The molecule has 7 nitrogen and oxygen atoms in total. The van der Waals surface area contributed by atoms with Crippen LogP contribution in [-0.4, -0.2) is 51.4 Å². The van der Waals surface area contributed by atoms with E-state index in [1.54, 1.807) is 24.3 Å². The summed E-state index contributed by atoms with van der Waals surface area (Å²) in [7, 11) is -1.74. The number of carbonyl (C=O) groups is 1. The Morgan fingerprint density at radius 1 is 1.28 bits per heavy atom. The van der Waals surface area contributed by atoms with Crippen LogP contribution in [0.3, 0.4) is 0 Å². The summed E-state index contributed by atoms with van der Waals surface area (Å²) in [6.45, 7) is 3.78. The van der Waals surface area contributed by atoms with Crippen LogP contribution >= 0.6 is 11.6 Å². The fourth-order valence-corrected chi connectivity index (χ4v) is 4.54. The second-order valence-electron chi connectivity index (χ2n) is 7.21. The average molecular weight is 477 g/mol. The zero-order valence-electron chi connectivity index (χ0n) is 17.8. The first kappa shape index (κ1) is 24.1. The standard InChI is InChI=1S/C23H25ClN2O5S/c1-3-10-25-23-26(19-7-5-4-6-15(19)2)22(29)21(32(23)30)12-16-8-9-20(18(24)11-16)31-14-17(28)13-27/h4-9,11-12,17,27-28H,3,10,13-14H2,1-2H3/b21-12-,25-23?. The van der Waals surface area contributed by atoms with Crippen LogP contribution in [0.4, 0.5) is 5.69 Å². The van der Waals surface area contributed by atoms with E-state index in [-0.39, 0.29) is 21.7 Å². The highest BCUT2D eigenvalue weighted by molar-refractivity contribution is 8.06. The molecule has 0 aliphatic carbocycles. The molecule has 2 aromatic rings. The van der Waals surface area contributed by atoms with Crippen molar-refractivity contribution < 1.29 is 24.0 Å². The quantitative estimate of drug-likeness (QED) is 0.569. The van der Waals surface area contributed by atoms with Gasteiger partial charge in [0.05, 0.1) is 17.3 Å². The van der Waals surface area contributed by atoms with E-state index in [1.807, 2.05) is 32.0 Å². The second kappa shape index (κ2) is 10.9. The van der Waals surface area contributed by atoms with Gasteiger partial charge in [0.2, 0.25) is 5.17 Å².